The van der Waals surface area contributed by atoms with E-state index in [-0.39, 0.29) is 5.97 Å². The number of allylic oxidation sites excluding steroid dienone is 1. The van der Waals surface area contributed by atoms with E-state index in [0.29, 0.717) is 6.42 Å². The van der Waals surface area contributed by atoms with Crippen LogP contribution in [0.15, 0.2) is 12.3 Å². The molecule has 0 aromatic carbocycles. The summed E-state index contributed by atoms with van der Waals surface area (Å²) in [5, 5.41) is 0. The predicted octanol–water partition coefficient (Wildman–Crippen LogP) is 6.93. The van der Waals surface area contributed by atoms with Crippen molar-refractivity contribution in [1.82, 2.24) is 0 Å². The maximum Gasteiger partial charge on any atom is 0.310 e. The van der Waals surface area contributed by atoms with Crippen molar-refractivity contribution in [1.29, 1.82) is 0 Å². The van der Waals surface area contributed by atoms with Crippen LogP contribution < -0.4 is 0 Å². The molecule has 0 aliphatic carbocycles. The highest BCUT2D eigenvalue weighted by atomic mass is 16.5. The van der Waals surface area contributed by atoms with Crippen molar-refractivity contribution >= 4 is 5.97 Å². The lowest BCUT2D eigenvalue weighted by atomic mass is 10.0. The highest BCUT2D eigenvalue weighted by Crippen LogP contribution is 2.13. The quantitative estimate of drug-likeness (QED) is 0.175. The zero-order valence-electron chi connectivity index (χ0n) is 15.1. The zero-order valence-corrected chi connectivity index (χ0v) is 15.1. The topological polar surface area (TPSA) is 26.3 Å². The number of hydrogen-bond donors (Lipinski definition) is 0. The molecule has 0 fully saturated rings. The average molecular weight is 311 g/mol. The lowest BCUT2D eigenvalue weighted by molar-refractivity contribution is -0.138. The first-order chi connectivity index (χ1) is 10.8. The highest BCUT2D eigenvalue weighted by Gasteiger charge is 2.00. The van der Waals surface area contributed by atoms with Gasteiger partial charge in [-0.05, 0) is 18.9 Å². The molecule has 2 nitrogen and oxygen atoms in total. The summed E-state index contributed by atoms with van der Waals surface area (Å²) in [5.41, 5.74) is 0. The molecule has 0 rings (SSSR count). The summed E-state index contributed by atoms with van der Waals surface area (Å²) in [6, 6.07) is 0. The SMILES string of the molecule is CC/C=C\OC(=O)CCCCCCCCCCCCCCC. The number of esters is 1. The minimum atomic E-state index is -0.0900. The van der Waals surface area contributed by atoms with Crippen LogP contribution in [0.4, 0.5) is 0 Å². The van der Waals surface area contributed by atoms with E-state index in [9.17, 15) is 4.79 Å². The lowest BCUT2D eigenvalue weighted by Gasteiger charge is -2.03. The molecule has 0 amide bonds. The van der Waals surface area contributed by atoms with Gasteiger partial charge in [0.05, 0.1) is 6.26 Å². The molecule has 0 saturated carbocycles. The van der Waals surface area contributed by atoms with E-state index in [1.165, 1.54) is 76.9 Å². The van der Waals surface area contributed by atoms with Crippen molar-refractivity contribution in [2.24, 2.45) is 0 Å². The lowest BCUT2D eigenvalue weighted by Crippen LogP contribution is -1.98. The van der Waals surface area contributed by atoms with Crippen LogP contribution in [0.1, 0.15) is 110 Å². The fourth-order valence-corrected chi connectivity index (χ4v) is 2.57. The number of ether oxygens (including phenoxy) is 1. The molecule has 0 aromatic rings. The summed E-state index contributed by atoms with van der Waals surface area (Å²) in [6.07, 6.45) is 22.1. The van der Waals surface area contributed by atoms with E-state index in [2.05, 4.69) is 6.92 Å². The fraction of sp³-hybridized carbons (Fsp3) is 0.850. The van der Waals surface area contributed by atoms with E-state index in [1.807, 2.05) is 13.0 Å². The van der Waals surface area contributed by atoms with Gasteiger partial charge in [-0.25, -0.2) is 0 Å². The third kappa shape index (κ3) is 17.3. The number of unbranched alkanes of at least 4 members (excludes halogenated alkanes) is 12. The van der Waals surface area contributed by atoms with Crippen LogP contribution in [-0.4, -0.2) is 5.97 Å². The number of carbonyl (C=O) groups is 1. The van der Waals surface area contributed by atoms with Gasteiger partial charge in [-0.2, -0.15) is 0 Å². The summed E-state index contributed by atoms with van der Waals surface area (Å²) < 4.78 is 4.97. The number of hydrogen-bond acceptors (Lipinski definition) is 2. The minimum absolute atomic E-state index is 0.0900. The fourth-order valence-electron chi connectivity index (χ4n) is 2.57. The van der Waals surface area contributed by atoms with Crippen LogP contribution in [0.5, 0.6) is 0 Å². The van der Waals surface area contributed by atoms with E-state index >= 15 is 0 Å². The summed E-state index contributed by atoms with van der Waals surface area (Å²) in [7, 11) is 0. The highest BCUT2D eigenvalue weighted by molar-refractivity contribution is 5.69. The van der Waals surface area contributed by atoms with Gasteiger partial charge in [0, 0.05) is 6.42 Å². The van der Waals surface area contributed by atoms with Gasteiger partial charge in [-0.1, -0.05) is 90.9 Å². The predicted molar refractivity (Wildman–Crippen MR) is 95.8 cm³/mol. The monoisotopic (exact) mass is 310 g/mol. The first kappa shape index (κ1) is 21.2. The molecule has 0 aliphatic heterocycles. The Balaban J connectivity index is 3.11. The maximum absolute atomic E-state index is 11.3. The number of carbonyl (C=O) groups excluding carboxylic acids is 1. The van der Waals surface area contributed by atoms with Gasteiger partial charge >= 0.3 is 5.97 Å². The Kier molecular flexibility index (Phi) is 17.6. The number of rotatable bonds is 16. The van der Waals surface area contributed by atoms with Crippen molar-refractivity contribution in [3.63, 3.8) is 0 Å². The molecule has 2 heteroatoms. The maximum atomic E-state index is 11.3. The Bertz CT molecular complexity index is 258. The molecule has 0 heterocycles. The molecule has 0 bridgehead atoms. The van der Waals surface area contributed by atoms with Crippen molar-refractivity contribution in [2.75, 3.05) is 0 Å². The van der Waals surface area contributed by atoms with Gasteiger partial charge < -0.3 is 4.74 Å². The second kappa shape index (κ2) is 18.3. The molecule has 0 aliphatic rings. The third-order valence-corrected chi connectivity index (χ3v) is 4.02. The molecule has 0 radical (unpaired) electrons. The zero-order chi connectivity index (χ0) is 16.3. The largest absolute Gasteiger partial charge is 0.435 e. The standard InChI is InChI=1S/C20H38O2/c1-3-5-7-8-9-10-11-12-13-14-15-16-17-18-20(21)22-19-6-4-2/h6,19H,3-5,7-18H2,1-2H3/b19-6-. The van der Waals surface area contributed by atoms with Crippen LogP contribution in [0.25, 0.3) is 0 Å². The van der Waals surface area contributed by atoms with Crippen molar-refractivity contribution in [3.8, 4) is 0 Å². The van der Waals surface area contributed by atoms with E-state index in [4.69, 9.17) is 4.74 Å². The second-order valence-electron chi connectivity index (χ2n) is 6.26. The van der Waals surface area contributed by atoms with Crippen LogP contribution in [0, 0.1) is 0 Å². The Labute approximate surface area is 138 Å². The van der Waals surface area contributed by atoms with Crippen LogP contribution in [-0.2, 0) is 9.53 Å². The molecule has 0 atom stereocenters. The van der Waals surface area contributed by atoms with E-state index in [1.54, 1.807) is 0 Å². The van der Waals surface area contributed by atoms with Crippen molar-refractivity contribution in [2.45, 2.75) is 110 Å². The smallest absolute Gasteiger partial charge is 0.310 e. The van der Waals surface area contributed by atoms with Gasteiger partial charge in [0.25, 0.3) is 0 Å². The van der Waals surface area contributed by atoms with Crippen LogP contribution >= 0.6 is 0 Å². The first-order valence-electron chi connectivity index (χ1n) is 9.65. The normalized spacial score (nSPS) is 11.2. The third-order valence-electron chi connectivity index (χ3n) is 4.02. The first-order valence-corrected chi connectivity index (χ1v) is 9.65. The molecule has 0 unspecified atom stereocenters. The average Bonchev–Trinajstić information content (AvgIpc) is 2.52. The van der Waals surface area contributed by atoms with Gasteiger partial charge in [-0.15, -0.1) is 0 Å². The molecule has 130 valence electrons. The van der Waals surface area contributed by atoms with Gasteiger partial charge in [0.15, 0.2) is 0 Å². The Morgan fingerprint density at radius 3 is 1.64 bits per heavy atom. The summed E-state index contributed by atoms with van der Waals surface area (Å²) in [5.74, 6) is -0.0900. The minimum Gasteiger partial charge on any atom is -0.435 e. The van der Waals surface area contributed by atoms with E-state index < -0.39 is 0 Å². The van der Waals surface area contributed by atoms with Gasteiger partial charge in [0.2, 0.25) is 0 Å². The summed E-state index contributed by atoms with van der Waals surface area (Å²) in [6.45, 7) is 4.29. The molecular formula is C20H38O2. The molecule has 0 saturated heterocycles. The van der Waals surface area contributed by atoms with Crippen molar-refractivity contribution < 1.29 is 9.53 Å². The molecule has 0 aromatic heterocycles. The van der Waals surface area contributed by atoms with Gasteiger partial charge in [0.1, 0.15) is 0 Å². The Hall–Kier alpha value is -0.790. The molecule has 0 spiro atoms. The Morgan fingerprint density at radius 2 is 1.18 bits per heavy atom. The second-order valence-corrected chi connectivity index (χ2v) is 6.26. The summed E-state index contributed by atoms with van der Waals surface area (Å²) in [4.78, 5) is 11.3. The summed E-state index contributed by atoms with van der Waals surface area (Å²) >= 11 is 0. The van der Waals surface area contributed by atoms with Crippen molar-refractivity contribution in [3.05, 3.63) is 12.3 Å². The Morgan fingerprint density at radius 1 is 0.727 bits per heavy atom. The van der Waals surface area contributed by atoms with Crippen LogP contribution in [0.2, 0.25) is 0 Å². The molecular weight excluding hydrogens is 272 g/mol. The van der Waals surface area contributed by atoms with Crippen LogP contribution in [0.3, 0.4) is 0 Å². The molecule has 22 heavy (non-hydrogen) atoms. The van der Waals surface area contributed by atoms with E-state index in [0.717, 1.165) is 19.3 Å². The van der Waals surface area contributed by atoms with Gasteiger partial charge in [-0.3, -0.25) is 4.79 Å². The molecule has 0 N–H and O–H groups in total.